The van der Waals surface area contributed by atoms with Gasteiger partial charge >= 0.3 is 0 Å². The van der Waals surface area contributed by atoms with Crippen molar-refractivity contribution in [2.45, 2.75) is 41.5 Å². The van der Waals surface area contributed by atoms with Crippen LogP contribution in [-0.4, -0.2) is 14.5 Å². The van der Waals surface area contributed by atoms with Gasteiger partial charge in [0.2, 0.25) is 0 Å². The van der Waals surface area contributed by atoms with E-state index in [0.717, 1.165) is 28.0 Å². The predicted octanol–water partition coefficient (Wildman–Crippen LogP) is 20.7. The van der Waals surface area contributed by atoms with Crippen LogP contribution in [0.2, 0.25) is 0 Å². The summed E-state index contributed by atoms with van der Waals surface area (Å²) in [6.45, 7) is 12.7. The average molecular weight is 994 g/mol. The summed E-state index contributed by atoms with van der Waals surface area (Å²) in [5.74, 6) is 0. The SMILES string of the molecule is CC.Cc1ccc(-c2ccc3c(c2)c2ccccc2n3-c2ccccc2)cc1-c1c(C)c2sc3ccc4ccccc4c3c2c2ccccc12.Cc1ccc2nc(-c3ccc4ccc5ccccc5c4c3)c(C)nc2c1. The van der Waals surface area contributed by atoms with Crippen molar-refractivity contribution in [3.05, 3.63) is 247 Å². The first kappa shape index (κ1) is 46.8. The Hall–Kier alpha value is -8.96. The van der Waals surface area contributed by atoms with Crippen LogP contribution in [-0.2, 0) is 0 Å². The Morgan fingerprint density at radius 3 is 1.79 bits per heavy atom. The van der Waals surface area contributed by atoms with E-state index in [1.54, 1.807) is 0 Å². The van der Waals surface area contributed by atoms with E-state index in [1.165, 1.54) is 130 Å². The fourth-order valence-electron chi connectivity index (χ4n) is 11.7. The van der Waals surface area contributed by atoms with Crippen LogP contribution < -0.4 is 0 Å². The van der Waals surface area contributed by atoms with E-state index in [1.807, 2.05) is 32.1 Å². The number of rotatable bonds is 4. The number of thiophene rings is 1. The minimum atomic E-state index is 0.939. The molecule has 4 heteroatoms. The third-order valence-corrected chi connectivity index (χ3v) is 16.6. The zero-order valence-electron chi connectivity index (χ0n) is 43.6. The number of fused-ring (bicyclic) bond motifs is 14. The Morgan fingerprint density at radius 1 is 0.395 bits per heavy atom. The third-order valence-electron chi connectivity index (χ3n) is 15.3. The molecule has 15 rings (SSSR count). The molecule has 0 saturated heterocycles. The minimum absolute atomic E-state index is 0.939. The molecule has 0 bridgehead atoms. The van der Waals surface area contributed by atoms with Crippen LogP contribution in [0.1, 0.15) is 36.2 Å². The summed E-state index contributed by atoms with van der Waals surface area (Å²) in [4.78, 5) is 9.70. The first-order valence-corrected chi connectivity index (χ1v) is 27.3. The molecule has 0 aliphatic heterocycles. The van der Waals surface area contributed by atoms with Gasteiger partial charge in [0.25, 0.3) is 0 Å². The summed E-state index contributed by atoms with van der Waals surface area (Å²) < 4.78 is 5.12. The van der Waals surface area contributed by atoms with E-state index in [2.05, 4.69) is 250 Å². The molecule has 3 nitrogen and oxygen atoms in total. The molecule has 0 radical (unpaired) electrons. The second-order valence-electron chi connectivity index (χ2n) is 19.8. The molecule has 0 fully saturated rings. The van der Waals surface area contributed by atoms with Gasteiger partial charge < -0.3 is 4.57 Å². The second-order valence-corrected chi connectivity index (χ2v) is 20.9. The van der Waals surface area contributed by atoms with Crippen LogP contribution in [0.3, 0.4) is 0 Å². The average Bonchev–Trinajstić information content (AvgIpc) is 4.10. The lowest BCUT2D eigenvalue weighted by Gasteiger charge is -2.17. The topological polar surface area (TPSA) is 30.7 Å². The number of nitrogens with zero attached hydrogens (tertiary/aromatic N) is 3. The Labute approximate surface area is 447 Å². The molecule has 0 unspecified atom stereocenters. The van der Waals surface area contributed by atoms with E-state index >= 15 is 0 Å². The Kier molecular flexibility index (Phi) is 11.7. The highest BCUT2D eigenvalue weighted by Gasteiger charge is 2.21. The van der Waals surface area contributed by atoms with E-state index in [4.69, 9.17) is 9.97 Å². The van der Waals surface area contributed by atoms with Crippen molar-refractivity contribution < 1.29 is 0 Å². The Morgan fingerprint density at radius 2 is 0.987 bits per heavy atom. The molecule has 0 spiro atoms. The Bertz CT molecular complexity index is 4770. The van der Waals surface area contributed by atoms with Crippen molar-refractivity contribution in [2.75, 3.05) is 0 Å². The van der Waals surface area contributed by atoms with Crippen molar-refractivity contribution in [1.82, 2.24) is 14.5 Å². The largest absolute Gasteiger partial charge is 0.309 e. The van der Waals surface area contributed by atoms with Crippen molar-refractivity contribution in [3.63, 3.8) is 0 Å². The molecule has 0 atom stereocenters. The molecule has 0 saturated carbocycles. The molecule has 0 aliphatic carbocycles. The van der Waals surface area contributed by atoms with E-state index in [0.29, 0.717) is 0 Å². The summed E-state index contributed by atoms with van der Waals surface area (Å²) in [5, 5.41) is 15.6. The van der Waals surface area contributed by atoms with Gasteiger partial charge in [0, 0.05) is 42.2 Å². The predicted molar refractivity (Wildman–Crippen MR) is 330 cm³/mol. The molecule has 0 amide bonds. The molecule has 15 aromatic rings. The van der Waals surface area contributed by atoms with E-state index in [9.17, 15) is 0 Å². The zero-order valence-corrected chi connectivity index (χ0v) is 44.4. The lowest BCUT2D eigenvalue weighted by atomic mass is 9.87. The van der Waals surface area contributed by atoms with Gasteiger partial charge in [0.15, 0.2) is 0 Å². The van der Waals surface area contributed by atoms with Gasteiger partial charge in [-0.05, 0) is 170 Å². The van der Waals surface area contributed by atoms with Gasteiger partial charge in [0.1, 0.15) is 0 Å². The number of benzene rings is 12. The lowest BCUT2D eigenvalue weighted by molar-refractivity contribution is 1.18. The molecule has 0 N–H and O–H groups in total. The van der Waals surface area contributed by atoms with Crippen LogP contribution in [0.25, 0.3) is 135 Å². The maximum atomic E-state index is 4.91. The van der Waals surface area contributed by atoms with Gasteiger partial charge in [0.05, 0.1) is 33.5 Å². The monoisotopic (exact) mass is 993 g/mol. The molecule has 364 valence electrons. The van der Waals surface area contributed by atoms with Gasteiger partial charge in [-0.2, -0.15) is 0 Å². The summed E-state index contributed by atoms with van der Waals surface area (Å²) in [5.41, 5.74) is 17.5. The normalized spacial score (nSPS) is 11.6. The quantitative estimate of drug-likeness (QED) is 0.165. The van der Waals surface area contributed by atoms with Crippen LogP contribution in [0.15, 0.2) is 224 Å². The van der Waals surface area contributed by atoms with Crippen molar-refractivity contribution >= 4 is 107 Å². The molecule has 0 aliphatic rings. The van der Waals surface area contributed by atoms with Crippen LogP contribution in [0.5, 0.6) is 0 Å². The molecule has 76 heavy (non-hydrogen) atoms. The minimum Gasteiger partial charge on any atom is -0.309 e. The van der Waals surface area contributed by atoms with Gasteiger partial charge in [-0.1, -0.05) is 178 Å². The number of aromatic nitrogens is 3. The number of hydrogen-bond acceptors (Lipinski definition) is 3. The van der Waals surface area contributed by atoms with Crippen LogP contribution >= 0.6 is 11.3 Å². The second kappa shape index (κ2) is 19.1. The zero-order chi connectivity index (χ0) is 51.6. The Balaban J connectivity index is 0.000000167. The van der Waals surface area contributed by atoms with Gasteiger partial charge in [-0.15, -0.1) is 11.3 Å². The van der Waals surface area contributed by atoms with Crippen molar-refractivity contribution in [3.8, 4) is 39.2 Å². The molecular weight excluding hydrogens is 939 g/mol. The highest BCUT2D eigenvalue weighted by molar-refractivity contribution is 7.26. The maximum Gasteiger partial charge on any atom is 0.0922 e. The molecule has 3 aromatic heterocycles. The lowest BCUT2D eigenvalue weighted by Crippen LogP contribution is -1.95. The summed E-state index contributed by atoms with van der Waals surface area (Å²) in [6.07, 6.45) is 0. The first-order chi connectivity index (χ1) is 37.3. The highest BCUT2D eigenvalue weighted by atomic mass is 32.1. The maximum absolute atomic E-state index is 4.91. The van der Waals surface area contributed by atoms with Gasteiger partial charge in [-0.3, -0.25) is 0 Å². The summed E-state index contributed by atoms with van der Waals surface area (Å²) in [7, 11) is 0. The first-order valence-electron chi connectivity index (χ1n) is 26.5. The van der Waals surface area contributed by atoms with Crippen molar-refractivity contribution in [1.29, 1.82) is 0 Å². The van der Waals surface area contributed by atoms with E-state index in [-0.39, 0.29) is 0 Å². The summed E-state index contributed by atoms with van der Waals surface area (Å²) >= 11 is 1.93. The molecule has 3 heterocycles. The highest BCUT2D eigenvalue weighted by Crippen LogP contribution is 2.48. The molecular formula is C72H55N3S. The summed E-state index contributed by atoms with van der Waals surface area (Å²) in [6, 6.07) is 81.6. The number of hydrogen-bond donors (Lipinski definition) is 0. The fourth-order valence-corrected chi connectivity index (χ4v) is 13.0. The standard InChI is InChI=1S/C46H31NS.C24H18N2.C2H6/c1-28-20-21-31(32-22-24-41-39(27-32)35-16-10-11-19-40(35)47(41)33-13-4-3-5-14-33)26-38(28)43-29(2)46-45(37-18-9-8-17-36(37)43)44-34-15-7-6-12-30(34)23-25-42(44)48-46;1-15-7-12-22-23(13-15)25-16(2)24(26-22)19-11-10-18-9-8-17-5-3-4-6-20(17)21(18)14-19;1-2/h3-27H,1-2H3;3-14H,1-2H3;1-2H3. The van der Waals surface area contributed by atoms with Gasteiger partial charge in [-0.25, -0.2) is 9.97 Å². The van der Waals surface area contributed by atoms with Crippen molar-refractivity contribution in [2.24, 2.45) is 0 Å². The smallest absolute Gasteiger partial charge is 0.0922 e. The molecule has 12 aromatic carbocycles. The van der Waals surface area contributed by atoms with E-state index < -0.39 is 0 Å². The number of aryl methyl sites for hydroxylation is 4. The van der Waals surface area contributed by atoms with Crippen LogP contribution in [0, 0.1) is 27.7 Å². The van der Waals surface area contributed by atoms with Crippen LogP contribution in [0.4, 0.5) is 0 Å². The number of para-hydroxylation sites is 2. The fraction of sp³-hybridized carbons (Fsp3) is 0.0833. The third kappa shape index (κ3) is 7.79.